The minimum absolute atomic E-state index is 0.0985. The summed E-state index contributed by atoms with van der Waals surface area (Å²) in [7, 11) is 0. The number of hydrogen-bond donors (Lipinski definition) is 2. The van der Waals surface area contributed by atoms with Crippen molar-refractivity contribution < 1.29 is 10.0 Å². The number of allylic oxidation sites excluding steroid dienone is 1. The van der Waals surface area contributed by atoms with Crippen LogP contribution >= 0.6 is 11.3 Å². The molecule has 0 aliphatic rings. The second-order valence-electron chi connectivity index (χ2n) is 6.20. The van der Waals surface area contributed by atoms with E-state index in [4.69, 9.17) is 5.73 Å². The lowest BCUT2D eigenvalue weighted by Crippen LogP contribution is -2.32. The Balaban J connectivity index is 1.54. The summed E-state index contributed by atoms with van der Waals surface area (Å²) in [5.74, 6) is 0. The number of urea groups is 1. The smallest absolute Gasteiger partial charge is 0.338 e. The zero-order valence-electron chi connectivity index (χ0n) is 14.9. The zero-order valence-corrected chi connectivity index (χ0v) is 15.7. The van der Waals surface area contributed by atoms with Gasteiger partial charge in [-0.15, -0.1) is 11.3 Å². The van der Waals surface area contributed by atoms with Crippen molar-refractivity contribution in [2.75, 3.05) is 6.54 Å². The number of carbonyl (C=O) groups excluding carboxylic acids is 1. The Bertz CT molecular complexity index is 902. The molecule has 1 heterocycles. The Kier molecular flexibility index (Phi) is 6.41. The molecule has 138 valence electrons. The fraction of sp³-hybridized carbons (Fsp3) is 0.136. The summed E-state index contributed by atoms with van der Waals surface area (Å²) < 4.78 is 0. The number of rotatable bonds is 7. The number of primary amides is 1. The molecule has 0 aliphatic carbocycles. The van der Waals surface area contributed by atoms with Crippen molar-refractivity contribution in [1.29, 1.82) is 0 Å². The van der Waals surface area contributed by atoms with Gasteiger partial charge in [0.05, 0.1) is 6.54 Å². The van der Waals surface area contributed by atoms with Gasteiger partial charge in [0.25, 0.3) is 0 Å². The molecule has 27 heavy (non-hydrogen) atoms. The molecule has 3 N–H and O–H groups in total. The molecule has 0 unspecified atom stereocenters. The molecule has 0 radical (unpaired) electrons. The fourth-order valence-corrected chi connectivity index (χ4v) is 3.77. The van der Waals surface area contributed by atoms with Crippen molar-refractivity contribution >= 4 is 17.4 Å². The van der Waals surface area contributed by atoms with Gasteiger partial charge in [0, 0.05) is 16.2 Å². The van der Waals surface area contributed by atoms with Crippen LogP contribution in [-0.2, 0) is 12.8 Å². The first-order chi connectivity index (χ1) is 13.1. The van der Waals surface area contributed by atoms with Gasteiger partial charge >= 0.3 is 6.03 Å². The van der Waals surface area contributed by atoms with E-state index >= 15 is 0 Å². The Labute approximate surface area is 163 Å². The molecule has 2 amide bonds. The van der Waals surface area contributed by atoms with Crippen LogP contribution in [0.3, 0.4) is 0 Å². The van der Waals surface area contributed by atoms with E-state index in [-0.39, 0.29) is 6.54 Å². The number of hydrogen-bond acceptors (Lipinski definition) is 3. The SMILES string of the molecule is NC(=O)N(O)C/C=C\Cc1ccc(Cc2ccc(-c3ccccc3)cc2)s1. The largest absolute Gasteiger partial charge is 0.350 e. The van der Waals surface area contributed by atoms with E-state index in [1.165, 1.54) is 26.4 Å². The first-order valence-electron chi connectivity index (χ1n) is 8.74. The van der Waals surface area contributed by atoms with Crippen LogP contribution in [0.1, 0.15) is 15.3 Å². The first-order valence-corrected chi connectivity index (χ1v) is 9.56. The molecular formula is C22H22N2O2S. The maximum Gasteiger partial charge on any atom is 0.338 e. The number of carbonyl (C=O) groups is 1. The molecule has 3 rings (SSSR count). The molecule has 0 spiro atoms. The van der Waals surface area contributed by atoms with Crippen molar-refractivity contribution in [3.05, 3.63) is 94.2 Å². The van der Waals surface area contributed by atoms with Gasteiger partial charge in [0.1, 0.15) is 0 Å². The van der Waals surface area contributed by atoms with Crippen LogP contribution in [0.2, 0.25) is 0 Å². The third-order valence-corrected chi connectivity index (χ3v) is 5.28. The second kappa shape index (κ2) is 9.16. The second-order valence-corrected chi connectivity index (χ2v) is 7.46. The van der Waals surface area contributed by atoms with Crippen molar-refractivity contribution in [2.45, 2.75) is 12.8 Å². The standard InChI is InChI=1S/C22H22N2O2S/c23-22(25)24(26)15-5-4-8-20-13-14-21(27-20)16-17-9-11-19(12-10-17)18-6-2-1-3-7-18/h1-7,9-14,26H,8,15-16H2,(H2,23,25)/b5-4-. The summed E-state index contributed by atoms with van der Waals surface area (Å²) in [4.78, 5) is 13.3. The molecule has 0 aliphatic heterocycles. The Morgan fingerprint density at radius 1 is 0.926 bits per heavy atom. The van der Waals surface area contributed by atoms with E-state index in [1.807, 2.05) is 12.1 Å². The quantitative estimate of drug-likeness (QED) is 0.350. The van der Waals surface area contributed by atoms with Crippen molar-refractivity contribution in [3.63, 3.8) is 0 Å². The summed E-state index contributed by atoms with van der Waals surface area (Å²) in [5, 5.41) is 9.68. The molecule has 0 bridgehead atoms. The van der Waals surface area contributed by atoms with Gasteiger partial charge in [0.2, 0.25) is 0 Å². The molecule has 0 saturated carbocycles. The van der Waals surface area contributed by atoms with Crippen molar-refractivity contribution in [1.82, 2.24) is 5.06 Å². The molecule has 0 fully saturated rings. The van der Waals surface area contributed by atoms with E-state index in [1.54, 1.807) is 17.4 Å². The van der Waals surface area contributed by atoms with E-state index in [0.717, 1.165) is 12.8 Å². The van der Waals surface area contributed by atoms with Gasteiger partial charge in [-0.1, -0.05) is 66.7 Å². The minimum atomic E-state index is -0.851. The minimum Gasteiger partial charge on any atom is -0.350 e. The maximum atomic E-state index is 10.7. The van der Waals surface area contributed by atoms with Crippen LogP contribution in [-0.4, -0.2) is 22.8 Å². The van der Waals surface area contributed by atoms with Crippen LogP contribution in [0.4, 0.5) is 4.79 Å². The number of amides is 2. The number of thiophene rings is 1. The van der Waals surface area contributed by atoms with Crippen LogP contribution in [0.25, 0.3) is 11.1 Å². The van der Waals surface area contributed by atoms with Gasteiger partial charge in [-0.25, -0.2) is 9.86 Å². The third-order valence-electron chi connectivity index (χ3n) is 4.18. The van der Waals surface area contributed by atoms with Gasteiger partial charge in [-0.3, -0.25) is 5.21 Å². The van der Waals surface area contributed by atoms with Gasteiger partial charge in [-0.05, 0) is 35.2 Å². The van der Waals surface area contributed by atoms with E-state index < -0.39 is 6.03 Å². The average molecular weight is 378 g/mol. The lowest BCUT2D eigenvalue weighted by molar-refractivity contribution is -0.0288. The highest BCUT2D eigenvalue weighted by Gasteiger charge is 2.03. The highest BCUT2D eigenvalue weighted by atomic mass is 32.1. The summed E-state index contributed by atoms with van der Waals surface area (Å²) in [6.07, 6.45) is 5.34. The predicted molar refractivity (Wildman–Crippen MR) is 110 cm³/mol. The predicted octanol–water partition coefficient (Wildman–Crippen LogP) is 4.87. The molecule has 1 aromatic heterocycles. The summed E-state index contributed by atoms with van der Waals surface area (Å²) in [5.41, 5.74) is 8.70. The molecule has 4 nitrogen and oxygen atoms in total. The number of benzene rings is 2. The van der Waals surface area contributed by atoms with Gasteiger partial charge in [-0.2, -0.15) is 0 Å². The molecule has 3 aromatic rings. The number of hydroxylamine groups is 2. The Morgan fingerprint density at radius 3 is 2.30 bits per heavy atom. The van der Waals surface area contributed by atoms with Crippen LogP contribution in [0.5, 0.6) is 0 Å². The Morgan fingerprint density at radius 2 is 1.59 bits per heavy atom. The van der Waals surface area contributed by atoms with Crippen LogP contribution < -0.4 is 5.73 Å². The normalized spacial score (nSPS) is 11.0. The molecule has 5 heteroatoms. The van der Waals surface area contributed by atoms with Crippen molar-refractivity contribution in [3.8, 4) is 11.1 Å². The van der Waals surface area contributed by atoms with Crippen LogP contribution in [0, 0.1) is 0 Å². The maximum absolute atomic E-state index is 10.7. The topological polar surface area (TPSA) is 66.6 Å². The third kappa shape index (κ3) is 5.54. The molecular weight excluding hydrogens is 356 g/mol. The summed E-state index contributed by atoms with van der Waals surface area (Å²) in [6, 6.07) is 22.5. The monoisotopic (exact) mass is 378 g/mol. The lowest BCUT2D eigenvalue weighted by Gasteiger charge is -2.07. The van der Waals surface area contributed by atoms with Gasteiger partial charge < -0.3 is 5.73 Å². The zero-order chi connectivity index (χ0) is 19.1. The lowest BCUT2D eigenvalue weighted by atomic mass is 10.0. The van der Waals surface area contributed by atoms with Crippen molar-refractivity contribution in [2.24, 2.45) is 5.73 Å². The van der Waals surface area contributed by atoms with Crippen LogP contribution in [0.15, 0.2) is 78.9 Å². The first kappa shape index (κ1) is 18.9. The Hall–Kier alpha value is -2.89. The molecule has 2 aromatic carbocycles. The van der Waals surface area contributed by atoms with E-state index in [2.05, 4.69) is 60.7 Å². The highest BCUT2D eigenvalue weighted by Crippen LogP contribution is 2.23. The molecule has 0 atom stereocenters. The number of nitrogens with two attached hydrogens (primary N) is 1. The van der Waals surface area contributed by atoms with Gasteiger partial charge in [0.15, 0.2) is 0 Å². The summed E-state index contributed by atoms with van der Waals surface area (Å²) >= 11 is 1.77. The number of nitrogens with zero attached hydrogens (tertiary/aromatic N) is 1. The van der Waals surface area contributed by atoms with E-state index in [0.29, 0.717) is 5.06 Å². The molecule has 0 saturated heterocycles. The fourth-order valence-electron chi connectivity index (χ4n) is 2.74. The van der Waals surface area contributed by atoms with E-state index in [9.17, 15) is 10.0 Å². The highest BCUT2D eigenvalue weighted by molar-refractivity contribution is 7.12. The summed E-state index contributed by atoms with van der Waals surface area (Å²) in [6.45, 7) is 0.0985. The average Bonchev–Trinajstić information content (AvgIpc) is 3.13.